The van der Waals surface area contributed by atoms with Crippen molar-refractivity contribution in [2.75, 3.05) is 13.2 Å². The maximum atomic E-state index is 11.8. The van der Waals surface area contributed by atoms with Crippen molar-refractivity contribution in [2.24, 2.45) is 0 Å². The molecule has 2 aromatic carbocycles. The molecule has 2 aromatic rings. The Hall–Kier alpha value is -2.04. The summed E-state index contributed by atoms with van der Waals surface area (Å²) in [5.74, 6) is -0.0295. The molecule has 3 rings (SSSR count). The Morgan fingerprint density at radius 2 is 2.04 bits per heavy atom. The number of ether oxygens (including phenoxy) is 1. The second kappa shape index (κ2) is 8.11. The third-order valence-corrected chi connectivity index (χ3v) is 5.11. The van der Waals surface area contributed by atoms with Crippen molar-refractivity contribution < 1.29 is 14.6 Å². The minimum Gasteiger partial charge on any atom is -0.494 e. The van der Waals surface area contributed by atoms with Crippen molar-refractivity contribution in [3.63, 3.8) is 0 Å². The van der Waals surface area contributed by atoms with Crippen molar-refractivity contribution in [1.29, 1.82) is 0 Å². The van der Waals surface area contributed by atoms with Gasteiger partial charge in [-0.25, -0.2) is 0 Å². The standard InChI is InChI=1S/C21H24ClNO3/c1-3-26-19-11-10-16(22)13-17(19)20(15-8-6-14(2)7-9-15)23-12-4-5-18(23)21(24)25/h6-11,13,18,20H,3-5,12H2,1-2H3,(H,24,25). The lowest BCUT2D eigenvalue weighted by atomic mass is 9.94. The number of carboxylic acids is 1. The summed E-state index contributed by atoms with van der Waals surface area (Å²) in [4.78, 5) is 13.9. The van der Waals surface area contributed by atoms with Gasteiger partial charge in [-0.3, -0.25) is 9.69 Å². The molecule has 1 fully saturated rings. The van der Waals surface area contributed by atoms with E-state index in [-0.39, 0.29) is 6.04 Å². The van der Waals surface area contributed by atoms with Crippen LogP contribution in [0.3, 0.4) is 0 Å². The molecule has 138 valence electrons. The summed E-state index contributed by atoms with van der Waals surface area (Å²) in [6.45, 7) is 5.25. The molecule has 1 aliphatic rings. The van der Waals surface area contributed by atoms with E-state index in [2.05, 4.69) is 29.2 Å². The van der Waals surface area contributed by atoms with Gasteiger partial charge in [0.1, 0.15) is 11.8 Å². The lowest BCUT2D eigenvalue weighted by Gasteiger charge is -2.33. The molecule has 0 amide bonds. The van der Waals surface area contributed by atoms with Crippen molar-refractivity contribution >= 4 is 17.6 Å². The molecule has 0 aliphatic carbocycles. The van der Waals surface area contributed by atoms with Crippen molar-refractivity contribution in [2.45, 2.75) is 38.8 Å². The molecule has 5 heteroatoms. The van der Waals surface area contributed by atoms with Crippen molar-refractivity contribution in [3.8, 4) is 5.75 Å². The Morgan fingerprint density at radius 3 is 2.69 bits per heavy atom. The van der Waals surface area contributed by atoms with Gasteiger partial charge in [0, 0.05) is 17.1 Å². The van der Waals surface area contributed by atoms with E-state index in [1.165, 1.54) is 5.56 Å². The van der Waals surface area contributed by atoms with Gasteiger partial charge in [0.2, 0.25) is 0 Å². The van der Waals surface area contributed by atoms with Gasteiger partial charge in [0.05, 0.1) is 12.6 Å². The van der Waals surface area contributed by atoms with Crippen LogP contribution in [0, 0.1) is 6.92 Å². The minimum atomic E-state index is -0.778. The van der Waals surface area contributed by atoms with E-state index in [4.69, 9.17) is 16.3 Å². The van der Waals surface area contributed by atoms with Crippen molar-refractivity contribution in [1.82, 2.24) is 4.90 Å². The second-order valence-electron chi connectivity index (χ2n) is 6.66. The largest absolute Gasteiger partial charge is 0.494 e. The summed E-state index contributed by atoms with van der Waals surface area (Å²) < 4.78 is 5.84. The molecular weight excluding hydrogens is 350 g/mol. The van der Waals surface area contributed by atoms with Gasteiger partial charge in [-0.15, -0.1) is 0 Å². The first-order valence-electron chi connectivity index (χ1n) is 8.98. The second-order valence-corrected chi connectivity index (χ2v) is 7.10. The van der Waals surface area contributed by atoms with Gasteiger partial charge >= 0.3 is 5.97 Å². The first-order chi connectivity index (χ1) is 12.5. The lowest BCUT2D eigenvalue weighted by molar-refractivity contribution is -0.142. The van der Waals surface area contributed by atoms with Crippen LogP contribution in [-0.4, -0.2) is 35.2 Å². The predicted molar refractivity (Wildman–Crippen MR) is 103 cm³/mol. The summed E-state index contributed by atoms with van der Waals surface area (Å²) in [6, 6.07) is 13.1. The van der Waals surface area contributed by atoms with Crippen molar-refractivity contribution in [3.05, 3.63) is 64.2 Å². The third kappa shape index (κ3) is 3.87. The van der Waals surface area contributed by atoms with Crippen LogP contribution in [0.4, 0.5) is 0 Å². The molecule has 0 aromatic heterocycles. The predicted octanol–water partition coefficient (Wildman–Crippen LogP) is 4.69. The van der Waals surface area contributed by atoms with Crippen LogP contribution in [0.25, 0.3) is 0 Å². The summed E-state index contributed by atoms with van der Waals surface area (Å²) >= 11 is 6.29. The van der Waals surface area contributed by atoms with Crippen LogP contribution < -0.4 is 4.74 Å². The summed E-state index contributed by atoms with van der Waals surface area (Å²) in [5, 5.41) is 10.3. The Kier molecular flexibility index (Phi) is 5.84. The van der Waals surface area contributed by atoms with Crippen LogP contribution >= 0.6 is 11.6 Å². The highest BCUT2D eigenvalue weighted by atomic mass is 35.5. The van der Waals surface area contributed by atoms with Gasteiger partial charge < -0.3 is 9.84 Å². The molecule has 0 saturated carbocycles. The monoisotopic (exact) mass is 373 g/mol. The van der Waals surface area contributed by atoms with Gasteiger partial charge in [-0.05, 0) is 50.5 Å². The van der Waals surface area contributed by atoms with E-state index < -0.39 is 12.0 Å². The fourth-order valence-corrected chi connectivity index (χ4v) is 3.86. The van der Waals surface area contributed by atoms with E-state index in [1.807, 2.05) is 26.0 Å². The number of hydrogen-bond acceptors (Lipinski definition) is 3. The maximum absolute atomic E-state index is 11.8. The fraction of sp³-hybridized carbons (Fsp3) is 0.381. The summed E-state index contributed by atoms with van der Waals surface area (Å²) in [5.41, 5.74) is 3.13. The highest BCUT2D eigenvalue weighted by molar-refractivity contribution is 6.30. The molecule has 4 nitrogen and oxygen atoms in total. The number of nitrogens with zero attached hydrogens (tertiary/aromatic N) is 1. The molecule has 0 spiro atoms. The molecule has 2 unspecified atom stereocenters. The zero-order chi connectivity index (χ0) is 18.7. The van der Waals surface area contributed by atoms with Crippen LogP contribution in [-0.2, 0) is 4.79 Å². The quantitative estimate of drug-likeness (QED) is 0.798. The molecule has 0 bridgehead atoms. The highest BCUT2D eigenvalue weighted by Crippen LogP contribution is 2.40. The molecule has 26 heavy (non-hydrogen) atoms. The molecule has 1 N–H and O–H groups in total. The highest BCUT2D eigenvalue weighted by Gasteiger charge is 2.38. The number of halogens is 1. The molecule has 2 atom stereocenters. The SMILES string of the molecule is CCOc1ccc(Cl)cc1C(c1ccc(C)cc1)N1CCCC1C(=O)O. The van der Waals surface area contributed by atoms with Crippen LogP contribution in [0.15, 0.2) is 42.5 Å². The molecule has 1 aliphatic heterocycles. The normalized spacial score (nSPS) is 18.7. The Morgan fingerprint density at radius 1 is 1.31 bits per heavy atom. The number of aliphatic carboxylic acids is 1. The first-order valence-corrected chi connectivity index (χ1v) is 9.36. The Labute approximate surface area is 159 Å². The Bertz CT molecular complexity index is 775. The number of hydrogen-bond donors (Lipinski definition) is 1. The van der Waals surface area contributed by atoms with Crippen LogP contribution in [0.5, 0.6) is 5.75 Å². The third-order valence-electron chi connectivity index (χ3n) is 4.87. The van der Waals surface area contributed by atoms with E-state index >= 15 is 0 Å². The van der Waals surface area contributed by atoms with E-state index in [0.29, 0.717) is 18.1 Å². The van der Waals surface area contributed by atoms with Crippen LogP contribution in [0.1, 0.15) is 42.5 Å². The topological polar surface area (TPSA) is 49.8 Å². The molecule has 1 heterocycles. The molecule has 1 saturated heterocycles. The number of carboxylic acid groups (broad SMARTS) is 1. The van der Waals surface area contributed by atoms with E-state index in [9.17, 15) is 9.90 Å². The zero-order valence-electron chi connectivity index (χ0n) is 15.1. The average molecular weight is 374 g/mol. The van der Waals surface area contributed by atoms with Gasteiger partial charge in [-0.1, -0.05) is 41.4 Å². The fourth-order valence-electron chi connectivity index (χ4n) is 3.68. The minimum absolute atomic E-state index is 0.209. The first kappa shape index (κ1) is 18.7. The van der Waals surface area contributed by atoms with E-state index in [0.717, 1.165) is 29.8 Å². The summed E-state index contributed by atoms with van der Waals surface area (Å²) in [7, 11) is 0. The van der Waals surface area contributed by atoms with E-state index in [1.54, 1.807) is 6.07 Å². The summed E-state index contributed by atoms with van der Waals surface area (Å²) in [6.07, 6.45) is 1.52. The van der Waals surface area contributed by atoms with Crippen LogP contribution in [0.2, 0.25) is 5.02 Å². The van der Waals surface area contributed by atoms with Gasteiger partial charge in [-0.2, -0.15) is 0 Å². The lowest BCUT2D eigenvalue weighted by Crippen LogP contribution is -2.39. The smallest absolute Gasteiger partial charge is 0.320 e. The Balaban J connectivity index is 2.13. The molecular formula is C21H24ClNO3. The zero-order valence-corrected chi connectivity index (χ0v) is 15.9. The van der Waals surface area contributed by atoms with Gasteiger partial charge in [0.25, 0.3) is 0 Å². The number of aryl methyl sites for hydroxylation is 1. The number of carbonyl (C=O) groups is 1. The maximum Gasteiger partial charge on any atom is 0.320 e. The molecule has 0 radical (unpaired) electrons. The number of rotatable bonds is 6. The number of benzene rings is 2. The average Bonchev–Trinajstić information content (AvgIpc) is 3.09. The van der Waals surface area contributed by atoms with Gasteiger partial charge in [0.15, 0.2) is 0 Å². The number of likely N-dealkylation sites (tertiary alicyclic amines) is 1.